The van der Waals surface area contributed by atoms with Gasteiger partial charge in [0.1, 0.15) is 0 Å². The van der Waals surface area contributed by atoms with Gasteiger partial charge in [0.15, 0.2) is 0 Å². The fourth-order valence-corrected chi connectivity index (χ4v) is 1.88. The van der Waals surface area contributed by atoms with Crippen molar-refractivity contribution in [1.82, 2.24) is 4.98 Å². The summed E-state index contributed by atoms with van der Waals surface area (Å²) in [6, 6.07) is 12.2. The van der Waals surface area contributed by atoms with Crippen LogP contribution in [-0.2, 0) is 4.74 Å². The highest BCUT2D eigenvalue weighted by Crippen LogP contribution is 2.18. The van der Waals surface area contributed by atoms with Gasteiger partial charge in [0.25, 0.3) is 0 Å². The van der Waals surface area contributed by atoms with Gasteiger partial charge in [0.2, 0.25) is 0 Å². The molecule has 2 rings (SSSR count). The quantitative estimate of drug-likeness (QED) is 0.803. The van der Waals surface area contributed by atoms with Gasteiger partial charge in [-0.15, -0.1) is 0 Å². The van der Waals surface area contributed by atoms with Crippen LogP contribution in [-0.4, -0.2) is 18.7 Å². The predicted molar refractivity (Wildman–Crippen MR) is 69.8 cm³/mol. The average Bonchev–Trinajstić information content (AvgIpc) is 2.38. The van der Waals surface area contributed by atoms with Gasteiger partial charge < -0.3 is 10.5 Å². The maximum absolute atomic E-state index is 6.11. The molecular weight excluding hydrogens is 212 g/mol. The molecule has 0 aliphatic carbocycles. The van der Waals surface area contributed by atoms with Crippen LogP contribution in [0.15, 0.2) is 36.4 Å². The van der Waals surface area contributed by atoms with Gasteiger partial charge in [-0.05, 0) is 25.0 Å². The standard InChI is InChI=1S/C14H18N2O/c1-17-10-4-6-12(15)14-9-8-11-5-2-3-7-13(11)16-14/h2-3,5,7-9,12H,4,6,10,15H2,1H3. The molecule has 0 spiro atoms. The molecule has 1 aromatic heterocycles. The Bertz CT molecular complexity index is 484. The number of rotatable bonds is 5. The highest BCUT2D eigenvalue weighted by atomic mass is 16.5. The van der Waals surface area contributed by atoms with Crippen molar-refractivity contribution in [3.63, 3.8) is 0 Å². The van der Waals surface area contributed by atoms with Gasteiger partial charge in [0, 0.05) is 25.1 Å². The van der Waals surface area contributed by atoms with E-state index in [-0.39, 0.29) is 6.04 Å². The van der Waals surface area contributed by atoms with E-state index >= 15 is 0 Å². The van der Waals surface area contributed by atoms with Crippen LogP contribution < -0.4 is 5.73 Å². The number of aromatic nitrogens is 1. The van der Waals surface area contributed by atoms with Crippen LogP contribution in [0.5, 0.6) is 0 Å². The molecule has 0 amide bonds. The second-order valence-electron chi connectivity index (χ2n) is 4.17. The maximum atomic E-state index is 6.11. The highest BCUT2D eigenvalue weighted by molar-refractivity contribution is 5.78. The van der Waals surface area contributed by atoms with Crippen LogP contribution >= 0.6 is 0 Å². The Morgan fingerprint density at radius 3 is 2.88 bits per heavy atom. The minimum atomic E-state index is -0.00486. The number of nitrogens with zero attached hydrogens (tertiary/aromatic N) is 1. The Hall–Kier alpha value is -1.45. The van der Waals surface area contributed by atoms with E-state index in [4.69, 9.17) is 10.5 Å². The number of methoxy groups -OCH3 is 1. The Labute approximate surface area is 102 Å². The van der Waals surface area contributed by atoms with Gasteiger partial charge in [-0.1, -0.05) is 24.3 Å². The molecule has 0 saturated heterocycles. The van der Waals surface area contributed by atoms with Crippen molar-refractivity contribution in [3.8, 4) is 0 Å². The van der Waals surface area contributed by atoms with Crippen LogP contribution in [0, 0.1) is 0 Å². The topological polar surface area (TPSA) is 48.1 Å². The van der Waals surface area contributed by atoms with Crippen molar-refractivity contribution in [1.29, 1.82) is 0 Å². The second kappa shape index (κ2) is 5.75. The Kier molecular flexibility index (Phi) is 4.07. The minimum absolute atomic E-state index is 0.00486. The van der Waals surface area contributed by atoms with Crippen molar-refractivity contribution in [2.45, 2.75) is 18.9 Å². The lowest BCUT2D eigenvalue weighted by molar-refractivity contribution is 0.190. The summed E-state index contributed by atoms with van der Waals surface area (Å²) < 4.78 is 5.02. The molecule has 3 nitrogen and oxygen atoms in total. The first kappa shape index (κ1) is 12.0. The second-order valence-corrected chi connectivity index (χ2v) is 4.17. The molecule has 0 radical (unpaired) electrons. The van der Waals surface area contributed by atoms with Crippen LogP contribution in [0.4, 0.5) is 0 Å². The molecule has 0 fully saturated rings. The van der Waals surface area contributed by atoms with E-state index in [0.29, 0.717) is 0 Å². The van der Waals surface area contributed by atoms with E-state index in [1.807, 2.05) is 24.3 Å². The first-order chi connectivity index (χ1) is 8.31. The fraction of sp³-hybridized carbons (Fsp3) is 0.357. The van der Waals surface area contributed by atoms with E-state index in [2.05, 4.69) is 17.1 Å². The molecule has 1 heterocycles. The minimum Gasteiger partial charge on any atom is -0.385 e. The highest BCUT2D eigenvalue weighted by Gasteiger charge is 2.07. The lowest BCUT2D eigenvalue weighted by atomic mass is 10.1. The maximum Gasteiger partial charge on any atom is 0.0706 e. The summed E-state index contributed by atoms with van der Waals surface area (Å²) in [6.07, 6.45) is 1.87. The van der Waals surface area contributed by atoms with E-state index in [1.165, 1.54) is 0 Å². The summed E-state index contributed by atoms with van der Waals surface area (Å²) in [7, 11) is 1.71. The van der Waals surface area contributed by atoms with Gasteiger partial charge in [-0.2, -0.15) is 0 Å². The summed E-state index contributed by atoms with van der Waals surface area (Å²) in [6.45, 7) is 0.751. The van der Waals surface area contributed by atoms with Crippen molar-refractivity contribution in [2.24, 2.45) is 5.73 Å². The van der Waals surface area contributed by atoms with Crippen molar-refractivity contribution < 1.29 is 4.74 Å². The lowest BCUT2D eigenvalue weighted by Crippen LogP contribution is -2.12. The van der Waals surface area contributed by atoms with Crippen LogP contribution in [0.1, 0.15) is 24.6 Å². The summed E-state index contributed by atoms with van der Waals surface area (Å²) in [5.74, 6) is 0. The van der Waals surface area contributed by atoms with E-state index in [9.17, 15) is 0 Å². The molecule has 3 heteroatoms. The number of benzene rings is 1. The summed E-state index contributed by atoms with van der Waals surface area (Å²) in [5.41, 5.74) is 8.07. The molecule has 2 N–H and O–H groups in total. The van der Waals surface area contributed by atoms with E-state index < -0.39 is 0 Å². The van der Waals surface area contributed by atoms with Gasteiger partial charge in [0.05, 0.1) is 11.2 Å². The normalized spacial score (nSPS) is 12.8. The number of fused-ring (bicyclic) bond motifs is 1. The third kappa shape index (κ3) is 3.02. The molecule has 0 saturated carbocycles. The Balaban J connectivity index is 2.12. The SMILES string of the molecule is COCCCC(N)c1ccc2ccccc2n1. The van der Waals surface area contributed by atoms with Crippen molar-refractivity contribution >= 4 is 10.9 Å². The largest absolute Gasteiger partial charge is 0.385 e. The number of ether oxygens (including phenoxy) is 1. The summed E-state index contributed by atoms with van der Waals surface area (Å²) in [5, 5.41) is 1.15. The van der Waals surface area contributed by atoms with E-state index in [1.54, 1.807) is 7.11 Å². The molecule has 17 heavy (non-hydrogen) atoms. The Morgan fingerprint density at radius 1 is 1.24 bits per heavy atom. The molecule has 1 aromatic carbocycles. The molecule has 90 valence electrons. The molecule has 1 atom stereocenters. The van der Waals surface area contributed by atoms with Crippen LogP contribution in [0.2, 0.25) is 0 Å². The van der Waals surface area contributed by atoms with Gasteiger partial charge in [-0.3, -0.25) is 4.98 Å². The molecule has 2 aromatic rings. The van der Waals surface area contributed by atoms with Crippen molar-refractivity contribution in [3.05, 3.63) is 42.1 Å². The Morgan fingerprint density at radius 2 is 2.06 bits per heavy atom. The first-order valence-electron chi connectivity index (χ1n) is 5.91. The molecule has 0 aliphatic rings. The number of pyridine rings is 1. The third-order valence-electron chi connectivity index (χ3n) is 2.86. The predicted octanol–water partition coefficient (Wildman–Crippen LogP) is 2.66. The molecule has 0 aliphatic heterocycles. The zero-order chi connectivity index (χ0) is 12.1. The molecular formula is C14H18N2O. The van der Waals surface area contributed by atoms with Gasteiger partial charge in [-0.25, -0.2) is 0 Å². The number of nitrogens with two attached hydrogens (primary N) is 1. The number of para-hydroxylation sites is 1. The van der Waals surface area contributed by atoms with Crippen molar-refractivity contribution in [2.75, 3.05) is 13.7 Å². The monoisotopic (exact) mass is 230 g/mol. The number of hydrogen-bond acceptors (Lipinski definition) is 3. The smallest absolute Gasteiger partial charge is 0.0706 e. The summed E-state index contributed by atoms with van der Waals surface area (Å²) in [4.78, 5) is 4.59. The van der Waals surface area contributed by atoms with Crippen LogP contribution in [0.3, 0.4) is 0 Å². The average molecular weight is 230 g/mol. The molecule has 1 unspecified atom stereocenters. The lowest BCUT2D eigenvalue weighted by Gasteiger charge is -2.11. The zero-order valence-electron chi connectivity index (χ0n) is 10.1. The third-order valence-corrected chi connectivity index (χ3v) is 2.86. The van der Waals surface area contributed by atoms with E-state index in [0.717, 1.165) is 36.0 Å². The number of hydrogen-bond donors (Lipinski definition) is 1. The van der Waals surface area contributed by atoms with Gasteiger partial charge >= 0.3 is 0 Å². The first-order valence-corrected chi connectivity index (χ1v) is 5.91. The molecule has 0 bridgehead atoms. The zero-order valence-corrected chi connectivity index (χ0v) is 10.1. The fourth-order valence-electron chi connectivity index (χ4n) is 1.88. The summed E-state index contributed by atoms with van der Waals surface area (Å²) >= 11 is 0. The van der Waals surface area contributed by atoms with Crippen LogP contribution in [0.25, 0.3) is 10.9 Å².